The van der Waals surface area contributed by atoms with Crippen molar-refractivity contribution in [3.63, 3.8) is 0 Å². The zero-order valence-electron chi connectivity index (χ0n) is 17.5. The topological polar surface area (TPSA) is 90.5 Å². The molecule has 0 fully saturated rings. The van der Waals surface area contributed by atoms with Crippen molar-refractivity contribution in [2.45, 2.75) is 39.0 Å². The molecule has 11 heteroatoms. The highest BCUT2D eigenvalue weighted by molar-refractivity contribution is 7.18. The number of aromatic nitrogens is 2. The first-order chi connectivity index (χ1) is 14.7. The van der Waals surface area contributed by atoms with E-state index in [1.807, 2.05) is 19.9 Å². The Labute approximate surface area is 205 Å². The maximum Gasteiger partial charge on any atom is 0.165 e. The molecule has 3 rings (SSSR count). The molecule has 6 nitrogen and oxygen atoms in total. The zero-order valence-corrected chi connectivity index (χ0v) is 20.7. The van der Waals surface area contributed by atoms with Gasteiger partial charge in [0.15, 0.2) is 11.6 Å². The van der Waals surface area contributed by atoms with Gasteiger partial charge in [0.2, 0.25) is 0 Å². The van der Waals surface area contributed by atoms with Crippen LogP contribution < -0.4 is 15.2 Å². The van der Waals surface area contributed by atoms with Crippen molar-refractivity contribution >= 4 is 46.9 Å². The third kappa shape index (κ3) is 6.43. The lowest BCUT2D eigenvalue weighted by atomic mass is 10.2. The molecule has 0 saturated heterocycles. The lowest BCUT2D eigenvalue weighted by Gasteiger charge is -2.16. The Balaban J connectivity index is 0.00000363. The molecule has 0 unspecified atom stereocenters. The summed E-state index contributed by atoms with van der Waals surface area (Å²) in [5.74, 6) is -0.0875. The van der Waals surface area contributed by atoms with Crippen LogP contribution in [0.4, 0.5) is 4.39 Å². The van der Waals surface area contributed by atoms with E-state index in [4.69, 9.17) is 38.4 Å². The summed E-state index contributed by atoms with van der Waals surface area (Å²) < 4.78 is 25.5. The number of nitrogens with zero attached hydrogens (tertiary/aromatic N) is 2. The number of aliphatic hydroxyl groups is 1. The van der Waals surface area contributed by atoms with Crippen LogP contribution in [0.2, 0.25) is 10.0 Å². The minimum atomic E-state index is -0.780. The Hall–Kier alpha value is -1.68. The lowest BCUT2D eigenvalue weighted by Crippen LogP contribution is -2.38. The second-order valence-corrected chi connectivity index (χ2v) is 8.99. The summed E-state index contributed by atoms with van der Waals surface area (Å²) in [6, 6.07) is 7.30. The van der Waals surface area contributed by atoms with Crippen LogP contribution in [0.5, 0.6) is 11.5 Å². The molecule has 0 aliphatic heterocycles. The molecule has 0 bridgehead atoms. The second-order valence-electron chi connectivity index (χ2n) is 7.20. The van der Waals surface area contributed by atoms with Crippen LogP contribution in [0.25, 0.3) is 21.1 Å². The van der Waals surface area contributed by atoms with Gasteiger partial charge in [0.1, 0.15) is 22.4 Å². The van der Waals surface area contributed by atoms with E-state index in [1.165, 1.54) is 30.4 Å². The number of hydrogen-bond donors (Lipinski definition) is 2. The van der Waals surface area contributed by atoms with Gasteiger partial charge in [-0.05, 0) is 45.0 Å². The predicted molar refractivity (Wildman–Crippen MR) is 129 cm³/mol. The van der Waals surface area contributed by atoms with Crippen LogP contribution in [-0.4, -0.2) is 40.2 Å². The third-order valence-electron chi connectivity index (χ3n) is 4.27. The molecular weight excluding hydrogens is 500 g/mol. The molecule has 32 heavy (non-hydrogen) atoms. The predicted octanol–water partition coefficient (Wildman–Crippen LogP) is 5.61. The van der Waals surface area contributed by atoms with Gasteiger partial charge in [0.05, 0.1) is 28.3 Å². The van der Waals surface area contributed by atoms with E-state index in [9.17, 15) is 9.50 Å². The van der Waals surface area contributed by atoms with E-state index in [2.05, 4.69) is 10.2 Å². The highest BCUT2D eigenvalue weighted by atomic mass is 35.5. The minimum absolute atomic E-state index is 0. The molecule has 2 aromatic carbocycles. The summed E-state index contributed by atoms with van der Waals surface area (Å²) in [5.41, 5.74) is 6.86. The number of ether oxygens (including phenoxy) is 2. The highest BCUT2D eigenvalue weighted by Crippen LogP contribution is 2.38. The van der Waals surface area contributed by atoms with E-state index in [0.717, 1.165) is 5.56 Å². The number of hydrogen-bond acceptors (Lipinski definition) is 7. The quantitative estimate of drug-likeness (QED) is 0.399. The van der Waals surface area contributed by atoms with E-state index in [1.54, 1.807) is 12.1 Å². The maximum absolute atomic E-state index is 14.5. The summed E-state index contributed by atoms with van der Waals surface area (Å²) in [6.45, 7) is 5.32. The van der Waals surface area contributed by atoms with Crippen LogP contribution in [-0.2, 0) is 0 Å². The second kappa shape index (κ2) is 11.4. The summed E-state index contributed by atoms with van der Waals surface area (Å²) in [5, 5.41) is 19.5. The van der Waals surface area contributed by atoms with Crippen LogP contribution in [0.3, 0.4) is 0 Å². The number of benzene rings is 2. The van der Waals surface area contributed by atoms with Crippen molar-refractivity contribution in [1.82, 2.24) is 10.2 Å². The van der Waals surface area contributed by atoms with E-state index < -0.39 is 18.0 Å². The van der Waals surface area contributed by atoms with Crippen molar-refractivity contribution in [2.75, 3.05) is 6.61 Å². The highest BCUT2D eigenvalue weighted by Gasteiger charge is 2.18. The van der Waals surface area contributed by atoms with Crippen molar-refractivity contribution in [3.05, 3.63) is 46.2 Å². The molecule has 1 aromatic heterocycles. The zero-order chi connectivity index (χ0) is 22.7. The first kappa shape index (κ1) is 26.6. The van der Waals surface area contributed by atoms with Gasteiger partial charge in [0.25, 0.3) is 0 Å². The molecule has 1 heterocycles. The molecule has 2 atom stereocenters. The number of halogens is 4. The van der Waals surface area contributed by atoms with E-state index in [0.29, 0.717) is 26.4 Å². The van der Waals surface area contributed by atoms with Crippen molar-refractivity contribution in [1.29, 1.82) is 0 Å². The normalized spacial score (nSPS) is 12.9. The monoisotopic (exact) mass is 521 g/mol. The van der Waals surface area contributed by atoms with Crippen molar-refractivity contribution in [2.24, 2.45) is 5.73 Å². The van der Waals surface area contributed by atoms with Gasteiger partial charge < -0.3 is 20.3 Å². The standard InChI is InChI=1S/C21H22Cl2FN3O3S.ClH/c1-10(2)30-18-5-4-12(6-15(18)23)20-26-27-21(31-20)13-7-16(24)19(8-14(13)22)29-9-17(25)11(3)28;/h4-8,10-11,17,28H,9,25H2,1-3H3;1H/t11-,17+;/m0./s1. The van der Waals surface area contributed by atoms with Crippen LogP contribution >= 0.6 is 46.9 Å². The Bertz CT molecular complexity index is 1070. The largest absolute Gasteiger partial charge is 0.489 e. The smallest absolute Gasteiger partial charge is 0.165 e. The summed E-state index contributed by atoms with van der Waals surface area (Å²) >= 11 is 13.9. The number of nitrogens with two attached hydrogens (primary N) is 1. The molecular formula is C21H23Cl3FN3O3S. The Morgan fingerprint density at radius 2 is 1.75 bits per heavy atom. The van der Waals surface area contributed by atoms with Gasteiger partial charge >= 0.3 is 0 Å². The van der Waals surface area contributed by atoms with E-state index in [-0.39, 0.29) is 35.9 Å². The van der Waals surface area contributed by atoms with Crippen LogP contribution in [0, 0.1) is 5.82 Å². The fourth-order valence-electron chi connectivity index (χ4n) is 2.56. The van der Waals surface area contributed by atoms with Gasteiger partial charge in [-0.2, -0.15) is 0 Å². The van der Waals surface area contributed by atoms with Crippen molar-refractivity contribution < 1.29 is 19.0 Å². The minimum Gasteiger partial charge on any atom is -0.489 e. The summed E-state index contributed by atoms with van der Waals surface area (Å²) in [6.07, 6.45) is -0.777. The SMILES string of the molecule is CC(C)Oc1ccc(-c2nnc(-c3cc(F)c(OC[C@@H](N)[C@H](C)O)cc3Cl)s2)cc1Cl.Cl. The average molecular weight is 523 g/mol. The fourth-order valence-corrected chi connectivity index (χ4v) is 3.95. The molecule has 3 N–H and O–H groups in total. The van der Waals surface area contributed by atoms with Gasteiger partial charge in [-0.25, -0.2) is 4.39 Å². The van der Waals surface area contributed by atoms with Gasteiger partial charge in [-0.1, -0.05) is 34.5 Å². The number of rotatable bonds is 8. The molecule has 0 radical (unpaired) electrons. The van der Waals surface area contributed by atoms with Gasteiger partial charge in [-0.15, -0.1) is 22.6 Å². The Morgan fingerprint density at radius 1 is 1.06 bits per heavy atom. The van der Waals surface area contributed by atoms with Crippen molar-refractivity contribution in [3.8, 4) is 32.6 Å². The Morgan fingerprint density at radius 3 is 2.38 bits per heavy atom. The average Bonchev–Trinajstić information content (AvgIpc) is 3.19. The first-order valence-electron chi connectivity index (χ1n) is 9.51. The van der Waals surface area contributed by atoms with Gasteiger partial charge in [-0.3, -0.25) is 0 Å². The summed E-state index contributed by atoms with van der Waals surface area (Å²) in [7, 11) is 0. The lowest BCUT2D eigenvalue weighted by molar-refractivity contribution is 0.129. The molecule has 3 aromatic rings. The van der Waals surface area contributed by atoms with Gasteiger partial charge in [0, 0.05) is 17.2 Å². The first-order valence-corrected chi connectivity index (χ1v) is 11.1. The van der Waals surface area contributed by atoms with Crippen LogP contribution in [0.1, 0.15) is 20.8 Å². The molecule has 0 saturated carbocycles. The third-order valence-corrected chi connectivity index (χ3v) is 5.88. The van der Waals surface area contributed by atoms with Crippen LogP contribution in [0.15, 0.2) is 30.3 Å². The molecule has 0 spiro atoms. The molecule has 0 aliphatic carbocycles. The number of aliphatic hydroxyl groups excluding tert-OH is 1. The molecule has 0 aliphatic rings. The van der Waals surface area contributed by atoms with E-state index >= 15 is 0 Å². The molecule has 174 valence electrons. The summed E-state index contributed by atoms with van der Waals surface area (Å²) in [4.78, 5) is 0. The molecule has 0 amide bonds. The maximum atomic E-state index is 14.5. The fraction of sp³-hybridized carbons (Fsp3) is 0.333. The Kier molecular flexibility index (Phi) is 9.51.